The Morgan fingerprint density at radius 3 is 2.67 bits per heavy atom. The zero-order valence-electron chi connectivity index (χ0n) is 8.03. The van der Waals surface area contributed by atoms with Crippen LogP contribution in [0.1, 0.15) is 39.5 Å². The van der Waals surface area contributed by atoms with Gasteiger partial charge in [-0.3, -0.25) is 6.08 Å². The summed E-state index contributed by atoms with van der Waals surface area (Å²) in [4.78, 5) is 0. The molecule has 0 aromatic carbocycles. The van der Waals surface area contributed by atoms with E-state index < -0.39 is 0 Å². The summed E-state index contributed by atoms with van der Waals surface area (Å²) in [5.41, 5.74) is 0. The third-order valence-corrected chi connectivity index (χ3v) is 2.34. The van der Waals surface area contributed by atoms with Gasteiger partial charge in [-0.2, -0.15) is 18.2 Å². The number of rotatable bonds is 7. The molecule has 0 aliphatic heterocycles. The second-order valence-corrected chi connectivity index (χ2v) is 3.89. The molecule has 0 saturated carbocycles. The Kier molecular flexibility index (Phi) is 17.8. The zero-order valence-corrected chi connectivity index (χ0v) is 9.79. The molecule has 0 atom stereocenters. The Labute approximate surface area is 92.1 Å². The fraction of sp³-hybridized carbons (Fsp3) is 0.800. The van der Waals surface area contributed by atoms with Gasteiger partial charge in [0.15, 0.2) is 0 Å². The molecular weight excluding hydrogens is 216 g/mol. The van der Waals surface area contributed by atoms with Gasteiger partial charge in [0.25, 0.3) is 0 Å². The van der Waals surface area contributed by atoms with Crippen molar-refractivity contribution in [3.05, 3.63) is 12.2 Å². The van der Waals surface area contributed by atoms with E-state index in [1.165, 1.54) is 30.8 Å². The molecule has 0 aromatic rings. The molecule has 0 N–H and O–H groups in total. The summed E-state index contributed by atoms with van der Waals surface area (Å²) >= 11 is 1.99. The standard InChI is InChI=1S/C10H19S.Cu/c1-3-5-6-7-8-9-10-11-4-2;/h7H,3-6,9-10H2,1-2H3;/q-1;+1. The van der Waals surface area contributed by atoms with E-state index in [0.29, 0.717) is 0 Å². The number of thioether (sulfide) groups is 1. The van der Waals surface area contributed by atoms with Crippen LogP contribution >= 0.6 is 11.8 Å². The predicted molar refractivity (Wildman–Crippen MR) is 55.0 cm³/mol. The average molecular weight is 235 g/mol. The van der Waals surface area contributed by atoms with Crippen LogP contribution in [0.15, 0.2) is 6.08 Å². The van der Waals surface area contributed by atoms with Crippen molar-refractivity contribution in [3.63, 3.8) is 0 Å². The Morgan fingerprint density at radius 2 is 2.08 bits per heavy atom. The first-order chi connectivity index (χ1) is 5.41. The van der Waals surface area contributed by atoms with E-state index >= 15 is 0 Å². The normalized spacial score (nSPS) is 10.2. The minimum atomic E-state index is 0. The molecule has 0 rings (SSSR count). The molecule has 12 heavy (non-hydrogen) atoms. The monoisotopic (exact) mass is 234 g/mol. The Morgan fingerprint density at radius 1 is 1.33 bits per heavy atom. The molecule has 0 fully saturated rings. The summed E-state index contributed by atoms with van der Waals surface area (Å²) in [5, 5.41) is 0. The summed E-state index contributed by atoms with van der Waals surface area (Å²) in [5.74, 6) is 2.47. The second kappa shape index (κ2) is 14.2. The topological polar surface area (TPSA) is 0 Å². The Hall–Kier alpha value is 0.609. The summed E-state index contributed by atoms with van der Waals surface area (Å²) in [6.07, 6.45) is 10.5. The third kappa shape index (κ3) is 13.2. The van der Waals surface area contributed by atoms with Crippen molar-refractivity contribution in [1.29, 1.82) is 0 Å². The van der Waals surface area contributed by atoms with Crippen LogP contribution in [0.2, 0.25) is 0 Å². The van der Waals surface area contributed by atoms with Crippen molar-refractivity contribution in [3.8, 4) is 0 Å². The summed E-state index contributed by atoms with van der Waals surface area (Å²) in [6.45, 7) is 4.42. The van der Waals surface area contributed by atoms with Gasteiger partial charge in [0.1, 0.15) is 0 Å². The maximum atomic E-state index is 3.31. The SMILES string of the molecule is CCCCC=[C-]CCSCC.[Cu+]. The van der Waals surface area contributed by atoms with E-state index in [0.717, 1.165) is 6.42 Å². The van der Waals surface area contributed by atoms with Crippen molar-refractivity contribution in [2.24, 2.45) is 0 Å². The molecule has 0 amide bonds. The van der Waals surface area contributed by atoms with Crippen LogP contribution in [0.4, 0.5) is 0 Å². The van der Waals surface area contributed by atoms with E-state index in [-0.39, 0.29) is 17.1 Å². The molecule has 0 nitrogen and oxygen atoms in total. The average Bonchev–Trinajstić information content (AvgIpc) is 2.03. The quantitative estimate of drug-likeness (QED) is 0.368. The van der Waals surface area contributed by atoms with Gasteiger partial charge >= 0.3 is 17.1 Å². The molecular formula is C10H19CuS. The minimum Gasteiger partial charge on any atom is -0.500 e. The molecule has 0 heterocycles. The van der Waals surface area contributed by atoms with E-state index in [1.807, 2.05) is 11.8 Å². The largest absolute Gasteiger partial charge is 1.00 e. The molecule has 2 heteroatoms. The van der Waals surface area contributed by atoms with Crippen molar-refractivity contribution < 1.29 is 17.1 Å². The van der Waals surface area contributed by atoms with Gasteiger partial charge in [-0.15, -0.1) is 0 Å². The predicted octanol–water partition coefficient (Wildman–Crippen LogP) is 3.68. The molecule has 0 aliphatic carbocycles. The molecule has 0 saturated heterocycles. The number of hydrogen-bond donors (Lipinski definition) is 0. The summed E-state index contributed by atoms with van der Waals surface area (Å²) in [6, 6.07) is 0. The maximum absolute atomic E-state index is 3.31. The fourth-order valence-electron chi connectivity index (χ4n) is 0.786. The van der Waals surface area contributed by atoms with Crippen LogP contribution in [-0.2, 0) is 17.1 Å². The molecule has 0 unspecified atom stereocenters. The van der Waals surface area contributed by atoms with Gasteiger partial charge in [0.2, 0.25) is 0 Å². The minimum absolute atomic E-state index is 0. The van der Waals surface area contributed by atoms with E-state index in [4.69, 9.17) is 0 Å². The summed E-state index contributed by atoms with van der Waals surface area (Å²) < 4.78 is 0. The number of allylic oxidation sites excluding steroid dienone is 2. The van der Waals surface area contributed by atoms with Crippen molar-refractivity contribution in [2.45, 2.75) is 39.5 Å². The van der Waals surface area contributed by atoms with Gasteiger partial charge in [0.05, 0.1) is 0 Å². The van der Waals surface area contributed by atoms with Crippen LogP contribution in [-0.4, -0.2) is 11.5 Å². The van der Waals surface area contributed by atoms with Crippen LogP contribution in [0.3, 0.4) is 0 Å². The van der Waals surface area contributed by atoms with Crippen molar-refractivity contribution >= 4 is 11.8 Å². The van der Waals surface area contributed by atoms with Crippen molar-refractivity contribution in [1.82, 2.24) is 0 Å². The van der Waals surface area contributed by atoms with Gasteiger partial charge in [-0.1, -0.05) is 33.1 Å². The molecule has 0 spiro atoms. The first kappa shape index (κ1) is 15.1. The van der Waals surface area contributed by atoms with E-state index in [2.05, 4.69) is 26.0 Å². The second-order valence-electron chi connectivity index (χ2n) is 2.50. The van der Waals surface area contributed by atoms with Crippen molar-refractivity contribution in [2.75, 3.05) is 11.5 Å². The van der Waals surface area contributed by atoms with Crippen LogP contribution < -0.4 is 0 Å². The number of unbranched alkanes of at least 4 members (excludes halogenated alkanes) is 2. The first-order valence-electron chi connectivity index (χ1n) is 4.54. The Bertz CT molecular complexity index is 91.8. The zero-order chi connectivity index (χ0) is 8.36. The summed E-state index contributed by atoms with van der Waals surface area (Å²) in [7, 11) is 0. The first-order valence-corrected chi connectivity index (χ1v) is 5.70. The van der Waals surface area contributed by atoms with Crippen LogP contribution in [0, 0.1) is 6.08 Å². The number of hydrogen-bond acceptors (Lipinski definition) is 1. The Balaban J connectivity index is 0. The maximum Gasteiger partial charge on any atom is 1.00 e. The molecule has 0 radical (unpaired) electrons. The van der Waals surface area contributed by atoms with Gasteiger partial charge < -0.3 is 6.08 Å². The molecule has 0 aliphatic rings. The fourth-order valence-corrected chi connectivity index (χ4v) is 1.34. The molecule has 0 bridgehead atoms. The van der Waals surface area contributed by atoms with Gasteiger partial charge in [0, 0.05) is 0 Å². The molecule has 0 aromatic heterocycles. The van der Waals surface area contributed by atoms with E-state index in [9.17, 15) is 0 Å². The van der Waals surface area contributed by atoms with Gasteiger partial charge in [-0.05, 0) is 11.5 Å². The van der Waals surface area contributed by atoms with Crippen LogP contribution in [0.25, 0.3) is 0 Å². The molecule has 76 valence electrons. The third-order valence-electron chi connectivity index (χ3n) is 1.44. The van der Waals surface area contributed by atoms with Gasteiger partial charge in [-0.25, -0.2) is 0 Å². The van der Waals surface area contributed by atoms with E-state index in [1.54, 1.807) is 0 Å². The smallest absolute Gasteiger partial charge is 0.500 e. The van der Waals surface area contributed by atoms with Crippen LogP contribution in [0.5, 0.6) is 0 Å².